The first-order chi connectivity index (χ1) is 12.0. The number of nitrogens with zero attached hydrogens (tertiary/aromatic N) is 1. The van der Waals surface area contributed by atoms with Crippen LogP contribution in [0.1, 0.15) is 45.0 Å². The van der Waals surface area contributed by atoms with Gasteiger partial charge in [-0.2, -0.15) is 0 Å². The van der Waals surface area contributed by atoms with Gasteiger partial charge in [-0.15, -0.1) is 11.3 Å². The summed E-state index contributed by atoms with van der Waals surface area (Å²) in [5.41, 5.74) is 5.50. The molecule has 1 aliphatic rings. The molecule has 0 spiro atoms. The number of fused-ring (bicyclic) bond motifs is 2. The Morgan fingerprint density at radius 3 is 2.88 bits per heavy atom. The number of hydrogen-bond donors (Lipinski definition) is 1. The van der Waals surface area contributed by atoms with Gasteiger partial charge in [-0.1, -0.05) is 19.6 Å². The van der Waals surface area contributed by atoms with Crippen molar-refractivity contribution in [1.29, 1.82) is 0 Å². The van der Waals surface area contributed by atoms with Crippen LogP contribution in [0.15, 0.2) is 24.3 Å². The number of pyridine rings is 1. The van der Waals surface area contributed by atoms with Gasteiger partial charge >= 0.3 is 0 Å². The van der Waals surface area contributed by atoms with E-state index >= 15 is 0 Å². The molecule has 0 atom stereocenters. The average molecular weight is 369 g/mol. The monoisotopic (exact) mass is 368 g/mol. The largest absolute Gasteiger partial charge is 0.493 e. The molecule has 5 heteroatoms. The second kappa shape index (κ2) is 7.08. The smallest absolute Gasteiger partial charge is 0.261 e. The highest BCUT2D eigenvalue weighted by Gasteiger charge is 2.18. The van der Waals surface area contributed by atoms with E-state index in [2.05, 4.69) is 29.4 Å². The predicted molar refractivity (Wildman–Crippen MR) is 107 cm³/mol. The fourth-order valence-electron chi connectivity index (χ4n) is 3.45. The number of aromatic nitrogens is 1. The number of carbonyl (C=O) groups excluding carboxylic acids is 1. The molecule has 0 saturated carbocycles. The third-order valence-corrected chi connectivity index (χ3v) is 5.82. The molecule has 1 N–H and O–H groups in total. The number of amides is 1. The molecule has 136 valence electrons. The van der Waals surface area contributed by atoms with Crippen molar-refractivity contribution in [2.24, 2.45) is 0 Å². The molecular formula is C21H24N2O2S. The molecule has 3 heterocycles. The highest BCUT2D eigenvalue weighted by Crippen LogP contribution is 2.32. The fourth-order valence-corrected chi connectivity index (χ4v) is 4.67. The SMILES string of the molecule is C.Cc1cc(C)c2c(C)c(C(=O)NCc3ccc4c(c3)CCO4)sc2n1. The molecule has 4 nitrogen and oxygen atoms in total. The minimum atomic E-state index is -0.0331. The number of aryl methyl sites for hydroxylation is 3. The molecule has 0 radical (unpaired) electrons. The van der Waals surface area contributed by atoms with Crippen LogP contribution in [-0.2, 0) is 13.0 Å². The standard InChI is InChI=1S/C20H20N2O2S.CH4/c1-11-8-12(2)22-20-17(11)13(3)18(25-20)19(23)21-10-14-4-5-16-15(9-14)6-7-24-16;/h4-5,8-9H,6-7,10H2,1-3H3,(H,21,23);1H4. The van der Waals surface area contributed by atoms with Gasteiger partial charge in [0.2, 0.25) is 0 Å². The van der Waals surface area contributed by atoms with Crippen molar-refractivity contribution in [3.05, 3.63) is 57.1 Å². The minimum Gasteiger partial charge on any atom is -0.493 e. The molecule has 0 saturated heterocycles. The molecule has 0 fully saturated rings. The lowest BCUT2D eigenvalue weighted by Gasteiger charge is -2.06. The lowest BCUT2D eigenvalue weighted by atomic mass is 10.1. The van der Waals surface area contributed by atoms with Gasteiger partial charge in [0.15, 0.2) is 0 Å². The number of benzene rings is 1. The maximum atomic E-state index is 12.7. The summed E-state index contributed by atoms with van der Waals surface area (Å²) in [6, 6.07) is 8.19. The Balaban J connectivity index is 0.00000196. The lowest BCUT2D eigenvalue weighted by Crippen LogP contribution is -2.22. The van der Waals surface area contributed by atoms with E-state index in [1.54, 1.807) is 0 Å². The lowest BCUT2D eigenvalue weighted by molar-refractivity contribution is 0.0954. The highest BCUT2D eigenvalue weighted by molar-refractivity contribution is 7.20. The second-order valence-electron chi connectivity index (χ2n) is 6.54. The predicted octanol–water partition coefficient (Wildman–Crippen LogP) is 4.72. The Bertz CT molecular complexity index is 991. The van der Waals surface area contributed by atoms with Crippen LogP contribution in [0.5, 0.6) is 5.75 Å². The summed E-state index contributed by atoms with van der Waals surface area (Å²) in [6.45, 7) is 7.33. The van der Waals surface area contributed by atoms with Crippen LogP contribution in [0.3, 0.4) is 0 Å². The Hall–Kier alpha value is -2.40. The van der Waals surface area contributed by atoms with Crippen LogP contribution >= 0.6 is 11.3 Å². The number of ether oxygens (including phenoxy) is 1. The molecule has 1 aliphatic heterocycles. The summed E-state index contributed by atoms with van der Waals surface area (Å²) in [5, 5.41) is 4.15. The zero-order valence-corrected chi connectivity index (χ0v) is 15.4. The minimum absolute atomic E-state index is 0. The molecule has 0 unspecified atom stereocenters. The van der Waals surface area contributed by atoms with Gasteiger partial charge in [0, 0.05) is 24.0 Å². The topological polar surface area (TPSA) is 51.2 Å². The summed E-state index contributed by atoms with van der Waals surface area (Å²) in [4.78, 5) is 19.0. The van der Waals surface area contributed by atoms with E-state index in [1.807, 2.05) is 26.0 Å². The molecule has 1 aromatic carbocycles. The normalized spacial score (nSPS) is 12.4. The van der Waals surface area contributed by atoms with E-state index in [-0.39, 0.29) is 13.3 Å². The van der Waals surface area contributed by atoms with E-state index < -0.39 is 0 Å². The van der Waals surface area contributed by atoms with E-state index in [0.29, 0.717) is 6.54 Å². The quantitative estimate of drug-likeness (QED) is 0.727. The van der Waals surface area contributed by atoms with Crippen molar-refractivity contribution in [1.82, 2.24) is 10.3 Å². The van der Waals surface area contributed by atoms with Crippen molar-refractivity contribution >= 4 is 27.5 Å². The van der Waals surface area contributed by atoms with Crippen molar-refractivity contribution in [3.8, 4) is 5.75 Å². The van der Waals surface area contributed by atoms with Crippen LogP contribution < -0.4 is 10.1 Å². The first-order valence-corrected chi connectivity index (χ1v) is 9.24. The van der Waals surface area contributed by atoms with Crippen LogP contribution in [0.4, 0.5) is 0 Å². The third-order valence-electron chi connectivity index (χ3n) is 4.64. The number of rotatable bonds is 3. The van der Waals surface area contributed by atoms with Gasteiger partial charge in [0.1, 0.15) is 10.6 Å². The first-order valence-electron chi connectivity index (χ1n) is 8.43. The number of thiophene rings is 1. The zero-order chi connectivity index (χ0) is 17.6. The van der Waals surface area contributed by atoms with E-state index in [1.165, 1.54) is 22.5 Å². The van der Waals surface area contributed by atoms with Gasteiger partial charge < -0.3 is 10.1 Å². The van der Waals surface area contributed by atoms with E-state index in [9.17, 15) is 4.79 Å². The molecule has 26 heavy (non-hydrogen) atoms. The summed E-state index contributed by atoms with van der Waals surface area (Å²) in [7, 11) is 0. The number of hydrogen-bond acceptors (Lipinski definition) is 4. The fraction of sp³-hybridized carbons (Fsp3) is 0.333. The molecule has 4 rings (SSSR count). The summed E-state index contributed by atoms with van der Waals surface area (Å²) in [5.74, 6) is 0.932. The molecule has 0 aliphatic carbocycles. The van der Waals surface area contributed by atoms with Crippen molar-refractivity contribution in [2.45, 2.75) is 41.2 Å². The first kappa shape index (κ1) is 18.4. The molecule has 1 amide bonds. The zero-order valence-electron chi connectivity index (χ0n) is 14.6. The van der Waals surface area contributed by atoms with E-state index in [0.717, 1.165) is 50.7 Å². The maximum absolute atomic E-state index is 12.7. The van der Waals surface area contributed by atoms with Crippen LogP contribution in [0, 0.1) is 20.8 Å². The summed E-state index contributed by atoms with van der Waals surface area (Å²) in [6.07, 6.45) is 0.941. The second-order valence-corrected chi connectivity index (χ2v) is 7.54. The van der Waals surface area contributed by atoms with Crippen molar-refractivity contribution in [2.75, 3.05) is 6.61 Å². The molecule has 3 aromatic rings. The average Bonchev–Trinajstić information content (AvgIpc) is 3.16. The Morgan fingerprint density at radius 2 is 2.08 bits per heavy atom. The molecule has 0 bridgehead atoms. The Kier molecular flexibility index (Phi) is 5.01. The van der Waals surface area contributed by atoms with Gasteiger partial charge in [-0.3, -0.25) is 4.79 Å². The van der Waals surface area contributed by atoms with Crippen molar-refractivity contribution in [3.63, 3.8) is 0 Å². The number of carbonyl (C=O) groups is 1. The highest BCUT2D eigenvalue weighted by atomic mass is 32.1. The summed E-state index contributed by atoms with van der Waals surface area (Å²) < 4.78 is 5.53. The van der Waals surface area contributed by atoms with Crippen LogP contribution in [0.2, 0.25) is 0 Å². The summed E-state index contributed by atoms with van der Waals surface area (Å²) >= 11 is 1.47. The third kappa shape index (κ3) is 3.19. The van der Waals surface area contributed by atoms with E-state index in [4.69, 9.17) is 4.74 Å². The molecular weight excluding hydrogens is 344 g/mol. The van der Waals surface area contributed by atoms with Crippen molar-refractivity contribution < 1.29 is 9.53 Å². The van der Waals surface area contributed by atoms with Gasteiger partial charge in [0.05, 0.1) is 11.5 Å². The van der Waals surface area contributed by atoms with Crippen LogP contribution in [-0.4, -0.2) is 17.5 Å². The van der Waals surface area contributed by atoms with Crippen LogP contribution in [0.25, 0.3) is 10.2 Å². The maximum Gasteiger partial charge on any atom is 0.261 e. The van der Waals surface area contributed by atoms with Gasteiger partial charge in [-0.25, -0.2) is 4.98 Å². The van der Waals surface area contributed by atoms with Gasteiger partial charge in [-0.05, 0) is 55.2 Å². The van der Waals surface area contributed by atoms with Gasteiger partial charge in [0.25, 0.3) is 5.91 Å². The Morgan fingerprint density at radius 1 is 1.27 bits per heavy atom. The number of nitrogens with one attached hydrogen (secondary N) is 1. The Labute approximate surface area is 158 Å². The molecule has 2 aromatic heterocycles.